The SMILES string of the molecule is CN=C(NCc1cccc(OCCN(C)C)c1)N1CCC(C(=O)OC)CC1. The number of nitrogens with one attached hydrogen (secondary N) is 1. The Morgan fingerprint density at radius 1 is 1.33 bits per heavy atom. The first-order valence-electron chi connectivity index (χ1n) is 9.43. The molecular formula is C20H32N4O3. The molecule has 0 unspecified atom stereocenters. The van der Waals surface area contributed by atoms with Crippen LogP contribution in [-0.4, -0.2) is 76.2 Å². The summed E-state index contributed by atoms with van der Waals surface area (Å²) in [6.45, 7) is 3.83. The second-order valence-electron chi connectivity index (χ2n) is 6.98. The van der Waals surface area contributed by atoms with Gasteiger partial charge in [-0.1, -0.05) is 12.1 Å². The molecule has 1 saturated heterocycles. The fourth-order valence-corrected chi connectivity index (χ4v) is 3.10. The standard InChI is InChI=1S/C20H32N4O3/c1-21-20(24-10-8-17(9-11-24)19(25)26-4)22-15-16-6-5-7-18(14-16)27-13-12-23(2)3/h5-7,14,17H,8-13,15H2,1-4H3,(H,21,22). The number of carbonyl (C=O) groups excluding carboxylic acids is 1. The molecular weight excluding hydrogens is 344 g/mol. The summed E-state index contributed by atoms with van der Waals surface area (Å²) in [5.41, 5.74) is 1.14. The zero-order valence-corrected chi connectivity index (χ0v) is 16.9. The molecule has 1 N–H and O–H groups in total. The molecule has 7 heteroatoms. The van der Waals surface area contributed by atoms with Crippen LogP contribution in [0.25, 0.3) is 0 Å². The van der Waals surface area contributed by atoms with Crippen molar-refractivity contribution in [2.45, 2.75) is 19.4 Å². The molecule has 0 spiro atoms. The highest BCUT2D eigenvalue weighted by molar-refractivity contribution is 5.80. The highest BCUT2D eigenvalue weighted by Gasteiger charge is 2.26. The molecule has 0 atom stereocenters. The van der Waals surface area contributed by atoms with Gasteiger partial charge in [0.2, 0.25) is 0 Å². The number of hydrogen-bond donors (Lipinski definition) is 1. The van der Waals surface area contributed by atoms with Gasteiger partial charge in [-0.3, -0.25) is 9.79 Å². The number of carbonyl (C=O) groups is 1. The van der Waals surface area contributed by atoms with Crippen molar-refractivity contribution in [3.05, 3.63) is 29.8 Å². The van der Waals surface area contributed by atoms with Crippen LogP contribution < -0.4 is 10.1 Å². The largest absolute Gasteiger partial charge is 0.492 e. The summed E-state index contributed by atoms with van der Waals surface area (Å²) in [6, 6.07) is 8.11. The van der Waals surface area contributed by atoms with Crippen molar-refractivity contribution in [3.8, 4) is 5.75 Å². The predicted octanol–water partition coefficient (Wildman–Crippen LogP) is 1.59. The molecule has 0 radical (unpaired) electrons. The van der Waals surface area contributed by atoms with Crippen LogP contribution >= 0.6 is 0 Å². The van der Waals surface area contributed by atoms with Crippen LogP contribution in [-0.2, 0) is 16.1 Å². The Kier molecular flexibility index (Phi) is 8.39. The summed E-state index contributed by atoms with van der Waals surface area (Å²) in [4.78, 5) is 20.3. The molecule has 1 fully saturated rings. The van der Waals surface area contributed by atoms with Gasteiger partial charge < -0.3 is 24.6 Å². The van der Waals surface area contributed by atoms with E-state index >= 15 is 0 Å². The number of nitrogens with zero attached hydrogens (tertiary/aromatic N) is 3. The maximum Gasteiger partial charge on any atom is 0.308 e. The molecule has 1 aromatic rings. The molecule has 0 bridgehead atoms. The molecule has 1 aliphatic rings. The Morgan fingerprint density at radius 2 is 2.07 bits per heavy atom. The van der Waals surface area contributed by atoms with Gasteiger partial charge in [-0.25, -0.2) is 0 Å². The number of ether oxygens (including phenoxy) is 2. The van der Waals surface area contributed by atoms with E-state index in [9.17, 15) is 4.79 Å². The van der Waals surface area contributed by atoms with E-state index in [1.54, 1.807) is 7.05 Å². The Labute approximate surface area is 162 Å². The molecule has 0 aliphatic carbocycles. The van der Waals surface area contributed by atoms with E-state index < -0.39 is 0 Å². The molecule has 0 aromatic heterocycles. The van der Waals surface area contributed by atoms with Gasteiger partial charge in [-0.15, -0.1) is 0 Å². The summed E-state index contributed by atoms with van der Waals surface area (Å²) >= 11 is 0. The number of esters is 1. The number of methoxy groups -OCH3 is 1. The van der Waals surface area contributed by atoms with E-state index in [2.05, 4.69) is 32.2 Å². The number of guanidine groups is 1. The third-order valence-electron chi connectivity index (χ3n) is 4.70. The quantitative estimate of drug-likeness (QED) is 0.443. The van der Waals surface area contributed by atoms with Crippen molar-refractivity contribution in [3.63, 3.8) is 0 Å². The van der Waals surface area contributed by atoms with E-state index in [-0.39, 0.29) is 11.9 Å². The van der Waals surface area contributed by atoms with Crippen LogP contribution in [0.3, 0.4) is 0 Å². The van der Waals surface area contributed by atoms with Gasteiger partial charge in [0.05, 0.1) is 13.0 Å². The highest BCUT2D eigenvalue weighted by Crippen LogP contribution is 2.19. The lowest BCUT2D eigenvalue weighted by Gasteiger charge is -2.33. The van der Waals surface area contributed by atoms with Crippen LogP contribution in [0.15, 0.2) is 29.3 Å². The van der Waals surface area contributed by atoms with E-state index in [0.29, 0.717) is 13.2 Å². The monoisotopic (exact) mass is 376 g/mol. The lowest BCUT2D eigenvalue weighted by molar-refractivity contribution is -0.146. The molecule has 1 aliphatic heterocycles. The van der Waals surface area contributed by atoms with E-state index in [1.807, 2.05) is 26.2 Å². The second-order valence-corrected chi connectivity index (χ2v) is 6.98. The van der Waals surface area contributed by atoms with Crippen molar-refractivity contribution in [1.29, 1.82) is 0 Å². The van der Waals surface area contributed by atoms with E-state index in [1.165, 1.54) is 7.11 Å². The summed E-state index contributed by atoms with van der Waals surface area (Å²) in [5, 5.41) is 3.41. The molecule has 7 nitrogen and oxygen atoms in total. The third kappa shape index (κ3) is 6.75. The minimum atomic E-state index is -0.108. The number of piperidine rings is 1. The van der Waals surface area contributed by atoms with Gasteiger partial charge in [-0.2, -0.15) is 0 Å². The summed E-state index contributed by atoms with van der Waals surface area (Å²) in [7, 11) is 7.30. The lowest BCUT2D eigenvalue weighted by Crippen LogP contribution is -2.46. The smallest absolute Gasteiger partial charge is 0.308 e. The molecule has 2 rings (SSSR count). The Bertz CT molecular complexity index is 625. The Hall–Kier alpha value is -2.28. The van der Waals surface area contributed by atoms with Crippen LogP contribution in [0, 0.1) is 5.92 Å². The molecule has 0 saturated carbocycles. The number of rotatable bonds is 7. The Morgan fingerprint density at radius 3 is 2.70 bits per heavy atom. The lowest BCUT2D eigenvalue weighted by atomic mass is 9.97. The summed E-state index contributed by atoms with van der Waals surface area (Å²) in [6.07, 6.45) is 1.59. The van der Waals surface area contributed by atoms with Crippen molar-refractivity contribution in [2.75, 3.05) is 54.5 Å². The van der Waals surface area contributed by atoms with Crippen LogP contribution in [0.5, 0.6) is 5.75 Å². The molecule has 1 aromatic carbocycles. The molecule has 27 heavy (non-hydrogen) atoms. The van der Waals surface area contributed by atoms with Gasteiger partial charge >= 0.3 is 5.97 Å². The number of aliphatic imine (C=N–C) groups is 1. The fourth-order valence-electron chi connectivity index (χ4n) is 3.10. The van der Waals surface area contributed by atoms with E-state index in [4.69, 9.17) is 9.47 Å². The van der Waals surface area contributed by atoms with E-state index in [0.717, 1.165) is 49.7 Å². The normalized spacial score (nSPS) is 15.7. The number of likely N-dealkylation sites (N-methyl/N-ethyl adjacent to an activating group) is 1. The summed E-state index contributed by atoms with van der Waals surface area (Å²) in [5.74, 6) is 1.63. The maximum absolute atomic E-state index is 11.7. The van der Waals surface area contributed by atoms with Crippen molar-refractivity contribution in [1.82, 2.24) is 15.1 Å². The molecule has 1 heterocycles. The van der Waals surface area contributed by atoms with Gasteiger partial charge in [0.1, 0.15) is 12.4 Å². The fraction of sp³-hybridized carbons (Fsp3) is 0.600. The Balaban J connectivity index is 1.83. The molecule has 0 amide bonds. The predicted molar refractivity (Wildman–Crippen MR) is 107 cm³/mol. The minimum Gasteiger partial charge on any atom is -0.492 e. The first-order chi connectivity index (χ1) is 13.0. The first-order valence-corrected chi connectivity index (χ1v) is 9.43. The van der Waals surface area contributed by atoms with Gasteiger partial charge in [-0.05, 0) is 44.6 Å². The van der Waals surface area contributed by atoms with Gasteiger partial charge in [0.15, 0.2) is 5.96 Å². The van der Waals surface area contributed by atoms with Crippen LogP contribution in [0.2, 0.25) is 0 Å². The van der Waals surface area contributed by atoms with Gasteiger partial charge in [0.25, 0.3) is 0 Å². The van der Waals surface area contributed by atoms with Crippen molar-refractivity contribution < 1.29 is 14.3 Å². The number of hydrogen-bond acceptors (Lipinski definition) is 5. The zero-order chi connectivity index (χ0) is 19.6. The first kappa shape index (κ1) is 21.0. The zero-order valence-electron chi connectivity index (χ0n) is 16.9. The third-order valence-corrected chi connectivity index (χ3v) is 4.70. The van der Waals surface area contributed by atoms with Crippen molar-refractivity contribution >= 4 is 11.9 Å². The number of likely N-dealkylation sites (tertiary alicyclic amines) is 1. The highest BCUT2D eigenvalue weighted by atomic mass is 16.5. The number of benzene rings is 1. The topological polar surface area (TPSA) is 66.4 Å². The maximum atomic E-state index is 11.7. The minimum absolute atomic E-state index is 0.000326. The van der Waals surface area contributed by atoms with Gasteiger partial charge in [0, 0.05) is 33.2 Å². The average Bonchev–Trinajstić information content (AvgIpc) is 2.68. The average molecular weight is 377 g/mol. The molecule has 150 valence electrons. The van der Waals surface area contributed by atoms with Crippen molar-refractivity contribution in [2.24, 2.45) is 10.9 Å². The summed E-state index contributed by atoms with van der Waals surface area (Å²) < 4.78 is 10.6. The second kappa shape index (κ2) is 10.8. The van der Waals surface area contributed by atoms with Crippen LogP contribution in [0.4, 0.5) is 0 Å². The van der Waals surface area contributed by atoms with Crippen LogP contribution in [0.1, 0.15) is 18.4 Å².